The molecule has 0 aliphatic heterocycles. The molecular formula is C15H26O3. The Balaban J connectivity index is 1.84. The van der Waals surface area contributed by atoms with Crippen LogP contribution < -0.4 is 0 Å². The molecule has 0 heterocycles. The van der Waals surface area contributed by atoms with E-state index in [4.69, 9.17) is 9.47 Å². The minimum atomic E-state index is -0.338. The number of fused-ring (bicyclic) bond motifs is 2. The lowest BCUT2D eigenvalue weighted by Crippen LogP contribution is -2.32. The molecule has 0 aromatic carbocycles. The molecule has 0 amide bonds. The third-order valence-corrected chi connectivity index (χ3v) is 4.45. The number of carbonyl (C=O) groups is 1. The van der Waals surface area contributed by atoms with Gasteiger partial charge in [0.25, 0.3) is 0 Å². The fourth-order valence-corrected chi connectivity index (χ4v) is 3.45. The Kier molecular flexibility index (Phi) is 5.04. The van der Waals surface area contributed by atoms with Crippen LogP contribution in [0.4, 0.5) is 0 Å². The van der Waals surface area contributed by atoms with Gasteiger partial charge in [-0.1, -0.05) is 19.8 Å². The summed E-state index contributed by atoms with van der Waals surface area (Å²) in [5, 5.41) is 0. The molecule has 0 aromatic heterocycles. The zero-order valence-corrected chi connectivity index (χ0v) is 11.7. The van der Waals surface area contributed by atoms with Crippen molar-refractivity contribution in [2.45, 2.75) is 71.0 Å². The van der Waals surface area contributed by atoms with Gasteiger partial charge in [-0.15, -0.1) is 0 Å². The maximum absolute atomic E-state index is 12.2. The van der Waals surface area contributed by atoms with Crippen molar-refractivity contribution < 1.29 is 14.3 Å². The van der Waals surface area contributed by atoms with Gasteiger partial charge in [0.15, 0.2) is 6.10 Å². The molecule has 104 valence electrons. The van der Waals surface area contributed by atoms with Crippen LogP contribution in [0.2, 0.25) is 0 Å². The molecule has 3 heteroatoms. The van der Waals surface area contributed by atoms with Gasteiger partial charge < -0.3 is 9.47 Å². The van der Waals surface area contributed by atoms with Gasteiger partial charge in [-0.25, -0.2) is 4.79 Å². The van der Waals surface area contributed by atoms with Crippen LogP contribution in [0.25, 0.3) is 0 Å². The maximum Gasteiger partial charge on any atom is 0.335 e. The lowest BCUT2D eigenvalue weighted by Gasteiger charge is -2.21. The van der Waals surface area contributed by atoms with Crippen LogP contribution in [0.3, 0.4) is 0 Å². The van der Waals surface area contributed by atoms with Gasteiger partial charge in [0.2, 0.25) is 0 Å². The van der Waals surface area contributed by atoms with Crippen molar-refractivity contribution in [3.05, 3.63) is 0 Å². The highest BCUT2D eigenvalue weighted by Gasteiger charge is 2.44. The number of hydrogen-bond donors (Lipinski definition) is 0. The van der Waals surface area contributed by atoms with E-state index in [2.05, 4.69) is 6.92 Å². The number of rotatable bonds is 7. The van der Waals surface area contributed by atoms with E-state index in [9.17, 15) is 4.79 Å². The van der Waals surface area contributed by atoms with E-state index in [1.807, 2.05) is 6.92 Å². The molecule has 2 aliphatic carbocycles. The van der Waals surface area contributed by atoms with Crippen LogP contribution in [0, 0.1) is 11.8 Å². The Morgan fingerprint density at radius 1 is 1.17 bits per heavy atom. The Hall–Kier alpha value is -0.570. The van der Waals surface area contributed by atoms with Crippen molar-refractivity contribution in [3.8, 4) is 0 Å². The highest BCUT2D eigenvalue weighted by Crippen LogP contribution is 2.46. The second kappa shape index (κ2) is 6.55. The number of esters is 1. The van der Waals surface area contributed by atoms with Gasteiger partial charge in [-0.3, -0.25) is 0 Å². The van der Waals surface area contributed by atoms with E-state index in [-0.39, 0.29) is 18.2 Å². The van der Waals surface area contributed by atoms with E-state index in [0.717, 1.165) is 19.3 Å². The molecule has 1 unspecified atom stereocenters. The van der Waals surface area contributed by atoms with E-state index < -0.39 is 0 Å². The predicted molar refractivity (Wildman–Crippen MR) is 70.3 cm³/mol. The minimum Gasteiger partial charge on any atom is -0.460 e. The normalized spacial score (nSPS) is 31.6. The molecule has 0 saturated heterocycles. The van der Waals surface area contributed by atoms with E-state index >= 15 is 0 Å². The molecule has 2 bridgehead atoms. The SMILES string of the molecule is CCCCC(OCC)C(=O)OC1C2CCC1CC2. The predicted octanol–water partition coefficient (Wildman–Crippen LogP) is 3.31. The lowest BCUT2D eigenvalue weighted by atomic mass is 10.0. The standard InChI is InChI=1S/C15H26O3/c1-3-5-6-13(17-4-2)15(16)18-14-11-7-8-12(14)10-9-11/h11-14H,3-10H2,1-2H3. The lowest BCUT2D eigenvalue weighted by molar-refractivity contribution is -0.165. The molecule has 0 N–H and O–H groups in total. The van der Waals surface area contributed by atoms with Crippen LogP contribution in [0.5, 0.6) is 0 Å². The highest BCUT2D eigenvalue weighted by molar-refractivity contribution is 5.75. The quantitative estimate of drug-likeness (QED) is 0.654. The summed E-state index contributed by atoms with van der Waals surface area (Å²) in [5.74, 6) is 1.15. The largest absolute Gasteiger partial charge is 0.460 e. The third kappa shape index (κ3) is 3.05. The first-order valence-electron chi connectivity index (χ1n) is 7.58. The van der Waals surface area contributed by atoms with Crippen molar-refractivity contribution >= 4 is 5.97 Å². The summed E-state index contributed by atoms with van der Waals surface area (Å²) in [4.78, 5) is 12.2. The van der Waals surface area contributed by atoms with Gasteiger partial charge in [0.1, 0.15) is 6.10 Å². The summed E-state index contributed by atoms with van der Waals surface area (Å²) >= 11 is 0. The maximum atomic E-state index is 12.2. The second-order valence-corrected chi connectivity index (χ2v) is 5.66. The Bertz CT molecular complexity index is 257. The highest BCUT2D eigenvalue weighted by atomic mass is 16.6. The average molecular weight is 254 g/mol. The number of unbranched alkanes of at least 4 members (excludes halogenated alkanes) is 1. The van der Waals surface area contributed by atoms with E-state index in [1.165, 1.54) is 25.7 Å². The van der Waals surface area contributed by atoms with Crippen molar-refractivity contribution in [2.24, 2.45) is 11.8 Å². The smallest absolute Gasteiger partial charge is 0.335 e. The topological polar surface area (TPSA) is 35.5 Å². The molecule has 2 aliphatic rings. The summed E-state index contributed by atoms with van der Waals surface area (Å²) in [6.45, 7) is 4.65. The number of hydrogen-bond acceptors (Lipinski definition) is 3. The Morgan fingerprint density at radius 2 is 1.78 bits per heavy atom. The Morgan fingerprint density at radius 3 is 2.28 bits per heavy atom. The van der Waals surface area contributed by atoms with Crippen LogP contribution in [0.1, 0.15) is 58.8 Å². The molecule has 3 nitrogen and oxygen atoms in total. The molecule has 18 heavy (non-hydrogen) atoms. The van der Waals surface area contributed by atoms with E-state index in [0.29, 0.717) is 18.4 Å². The van der Waals surface area contributed by atoms with Gasteiger partial charge in [-0.2, -0.15) is 0 Å². The van der Waals surface area contributed by atoms with Crippen LogP contribution >= 0.6 is 0 Å². The third-order valence-electron chi connectivity index (χ3n) is 4.45. The van der Waals surface area contributed by atoms with Crippen molar-refractivity contribution in [2.75, 3.05) is 6.61 Å². The van der Waals surface area contributed by atoms with Gasteiger partial charge in [0.05, 0.1) is 0 Å². The summed E-state index contributed by atoms with van der Waals surface area (Å²) in [6.07, 6.45) is 7.76. The zero-order valence-electron chi connectivity index (χ0n) is 11.7. The van der Waals surface area contributed by atoms with Crippen molar-refractivity contribution in [3.63, 3.8) is 0 Å². The molecule has 2 fully saturated rings. The van der Waals surface area contributed by atoms with E-state index in [1.54, 1.807) is 0 Å². The van der Waals surface area contributed by atoms with Crippen molar-refractivity contribution in [1.82, 2.24) is 0 Å². The minimum absolute atomic E-state index is 0.117. The fraction of sp³-hybridized carbons (Fsp3) is 0.933. The summed E-state index contributed by atoms with van der Waals surface area (Å²) in [6, 6.07) is 0. The molecule has 1 atom stereocenters. The van der Waals surface area contributed by atoms with Crippen molar-refractivity contribution in [1.29, 1.82) is 0 Å². The van der Waals surface area contributed by atoms with Crippen LogP contribution in [0.15, 0.2) is 0 Å². The van der Waals surface area contributed by atoms with Crippen LogP contribution in [-0.2, 0) is 14.3 Å². The summed E-state index contributed by atoms with van der Waals surface area (Å²) in [7, 11) is 0. The number of carbonyl (C=O) groups excluding carboxylic acids is 1. The first-order chi connectivity index (χ1) is 8.76. The van der Waals surface area contributed by atoms with Gasteiger partial charge >= 0.3 is 5.97 Å². The Labute approximate surface area is 110 Å². The first-order valence-corrected chi connectivity index (χ1v) is 7.58. The first kappa shape index (κ1) is 13.9. The fourth-order valence-electron chi connectivity index (χ4n) is 3.45. The van der Waals surface area contributed by atoms with Crippen LogP contribution in [-0.4, -0.2) is 24.8 Å². The average Bonchev–Trinajstić information content (AvgIpc) is 2.94. The monoisotopic (exact) mass is 254 g/mol. The molecular weight excluding hydrogens is 228 g/mol. The summed E-state index contributed by atoms with van der Waals surface area (Å²) in [5.41, 5.74) is 0. The van der Waals surface area contributed by atoms with Gasteiger partial charge in [0, 0.05) is 6.61 Å². The number of ether oxygens (including phenoxy) is 2. The van der Waals surface area contributed by atoms with Gasteiger partial charge in [-0.05, 0) is 50.9 Å². The zero-order chi connectivity index (χ0) is 13.0. The second-order valence-electron chi connectivity index (χ2n) is 5.66. The summed E-state index contributed by atoms with van der Waals surface area (Å²) < 4.78 is 11.3. The molecule has 0 aromatic rings. The molecule has 0 spiro atoms. The molecule has 0 radical (unpaired) electrons. The molecule has 2 saturated carbocycles. The molecule has 2 rings (SSSR count).